The number of benzene rings is 1. The van der Waals surface area contributed by atoms with Crippen molar-refractivity contribution in [2.75, 3.05) is 6.67 Å². The zero-order valence-electron chi connectivity index (χ0n) is 13.3. The van der Waals surface area contributed by atoms with Crippen molar-refractivity contribution >= 4 is 0 Å². The van der Waals surface area contributed by atoms with E-state index < -0.39 is 11.6 Å². The van der Waals surface area contributed by atoms with E-state index in [1.165, 1.54) is 31.4 Å². The van der Waals surface area contributed by atoms with E-state index in [-0.39, 0.29) is 6.67 Å². The van der Waals surface area contributed by atoms with Crippen LogP contribution in [-0.2, 0) is 0 Å². The van der Waals surface area contributed by atoms with Crippen LogP contribution in [0.15, 0.2) is 18.2 Å². The first kappa shape index (κ1) is 17.4. The molecule has 3 heteroatoms. The van der Waals surface area contributed by atoms with Gasteiger partial charge in [0.25, 0.3) is 0 Å². The summed E-state index contributed by atoms with van der Waals surface area (Å²) >= 11 is 0. The van der Waals surface area contributed by atoms with Gasteiger partial charge in [0.05, 0.1) is 6.67 Å². The van der Waals surface area contributed by atoms with Crippen molar-refractivity contribution < 1.29 is 13.2 Å². The maximum Gasteiger partial charge on any atom is 0.126 e. The first-order valence-corrected chi connectivity index (χ1v) is 8.71. The fraction of sp³-hybridized carbons (Fsp3) is 0.684. The van der Waals surface area contributed by atoms with E-state index >= 15 is 0 Å². The van der Waals surface area contributed by atoms with E-state index in [0.717, 1.165) is 56.1 Å². The Morgan fingerprint density at radius 1 is 0.773 bits per heavy atom. The van der Waals surface area contributed by atoms with Gasteiger partial charge in [0.15, 0.2) is 0 Å². The van der Waals surface area contributed by atoms with Gasteiger partial charge in [0.1, 0.15) is 11.6 Å². The van der Waals surface area contributed by atoms with Crippen LogP contribution >= 0.6 is 0 Å². The predicted octanol–water partition coefficient (Wildman–Crippen LogP) is 6.55. The van der Waals surface area contributed by atoms with Gasteiger partial charge in [0.2, 0.25) is 0 Å². The molecular weight excluding hydrogens is 285 g/mol. The van der Waals surface area contributed by atoms with E-state index in [1.54, 1.807) is 0 Å². The second kappa shape index (κ2) is 9.22. The van der Waals surface area contributed by atoms with Gasteiger partial charge in [-0.3, -0.25) is 4.39 Å². The van der Waals surface area contributed by atoms with Crippen LogP contribution in [0.4, 0.5) is 13.2 Å². The number of hydrogen-bond donors (Lipinski definition) is 0. The molecule has 0 bridgehead atoms. The molecule has 0 aliphatic heterocycles. The lowest BCUT2D eigenvalue weighted by molar-refractivity contribution is 0.300. The van der Waals surface area contributed by atoms with Gasteiger partial charge >= 0.3 is 0 Å². The van der Waals surface area contributed by atoms with Gasteiger partial charge in [-0.2, -0.15) is 0 Å². The van der Waals surface area contributed by atoms with Crippen molar-refractivity contribution in [1.82, 2.24) is 0 Å². The first-order valence-electron chi connectivity index (χ1n) is 8.71. The fourth-order valence-electron chi connectivity index (χ4n) is 3.65. The number of hydrogen-bond acceptors (Lipinski definition) is 0. The molecule has 0 radical (unpaired) electrons. The lowest BCUT2D eigenvalue weighted by Crippen LogP contribution is -2.13. The van der Waals surface area contributed by atoms with Crippen molar-refractivity contribution in [2.24, 2.45) is 5.92 Å². The first-order chi connectivity index (χ1) is 10.7. The Bertz CT molecular complexity index is 416. The molecule has 1 aliphatic carbocycles. The highest BCUT2D eigenvalue weighted by atomic mass is 19.1. The number of rotatable bonds is 8. The van der Waals surface area contributed by atoms with E-state index in [1.807, 2.05) is 0 Å². The van der Waals surface area contributed by atoms with Gasteiger partial charge < -0.3 is 0 Å². The molecule has 1 aliphatic rings. The maximum absolute atomic E-state index is 13.3. The summed E-state index contributed by atoms with van der Waals surface area (Å²) in [6.45, 7) is -0.190. The molecule has 1 saturated carbocycles. The molecule has 0 aromatic heterocycles. The highest BCUT2D eigenvalue weighted by Crippen LogP contribution is 2.38. The molecule has 2 rings (SSSR count). The van der Waals surface area contributed by atoms with E-state index in [0.29, 0.717) is 12.3 Å². The molecule has 0 atom stereocenters. The highest BCUT2D eigenvalue weighted by molar-refractivity contribution is 5.22. The normalized spacial score (nSPS) is 22.0. The van der Waals surface area contributed by atoms with Crippen molar-refractivity contribution in [1.29, 1.82) is 0 Å². The van der Waals surface area contributed by atoms with Crippen LogP contribution < -0.4 is 0 Å². The molecule has 0 heterocycles. The van der Waals surface area contributed by atoms with Crippen molar-refractivity contribution in [3.63, 3.8) is 0 Å². The standard InChI is InChI=1S/C19H27F3/c20-11-5-3-1-2-4-6-15-7-9-16(10-8-15)17-12-18(21)14-19(22)13-17/h12-16H,1-11H2. The predicted molar refractivity (Wildman–Crippen MR) is 84.7 cm³/mol. The summed E-state index contributed by atoms with van der Waals surface area (Å²) in [6.07, 6.45) is 10.9. The zero-order valence-corrected chi connectivity index (χ0v) is 13.3. The third kappa shape index (κ3) is 5.66. The Labute approximate surface area is 132 Å². The van der Waals surface area contributed by atoms with E-state index in [2.05, 4.69) is 0 Å². The van der Waals surface area contributed by atoms with Gasteiger partial charge in [-0.1, -0.05) is 32.1 Å². The molecule has 0 spiro atoms. The average Bonchev–Trinajstić information content (AvgIpc) is 2.50. The van der Waals surface area contributed by atoms with Gasteiger partial charge in [-0.15, -0.1) is 0 Å². The second-order valence-corrected chi connectivity index (χ2v) is 6.67. The number of alkyl halides is 1. The van der Waals surface area contributed by atoms with Gasteiger partial charge in [-0.05, 0) is 61.6 Å². The fourth-order valence-corrected chi connectivity index (χ4v) is 3.65. The van der Waals surface area contributed by atoms with Gasteiger partial charge in [0, 0.05) is 6.07 Å². The minimum absolute atomic E-state index is 0.190. The Balaban J connectivity index is 1.67. The summed E-state index contributed by atoms with van der Waals surface area (Å²) < 4.78 is 38.6. The van der Waals surface area contributed by atoms with Gasteiger partial charge in [-0.25, -0.2) is 8.78 Å². The summed E-state index contributed by atoms with van der Waals surface area (Å²) in [5.74, 6) is 0.137. The highest BCUT2D eigenvalue weighted by Gasteiger charge is 2.22. The van der Waals surface area contributed by atoms with Crippen molar-refractivity contribution in [3.8, 4) is 0 Å². The molecule has 124 valence electrons. The van der Waals surface area contributed by atoms with Crippen molar-refractivity contribution in [2.45, 2.75) is 70.1 Å². The Morgan fingerprint density at radius 2 is 1.36 bits per heavy atom. The lowest BCUT2D eigenvalue weighted by atomic mass is 9.77. The molecule has 0 unspecified atom stereocenters. The van der Waals surface area contributed by atoms with Crippen molar-refractivity contribution in [3.05, 3.63) is 35.4 Å². The van der Waals surface area contributed by atoms with E-state index in [4.69, 9.17) is 0 Å². The largest absolute Gasteiger partial charge is 0.251 e. The van der Waals surface area contributed by atoms with Crippen LogP contribution in [0.1, 0.15) is 75.7 Å². The maximum atomic E-state index is 13.3. The monoisotopic (exact) mass is 312 g/mol. The number of unbranched alkanes of at least 4 members (excludes halogenated alkanes) is 4. The molecule has 22 heavy (non-hydrogen) atoms. The molecule has 0 N–H and O–H groups in total. The van der Waals surface area contributed by atoms with Crippen LogP contribution in [-0.4, -0.2) is 6.67 Å². The topological polar surface area (TPSA) is 0 Å². The summed E-state index contributed by atoms with van der Waals surface area (Å²) in [7, 11) is 0. The lowest BCUT2D eigenvalue weighted by Gasteiger charge is -2.29. The Morgan fingerprint density at radius 3 is 2.00 bits per heavy atom. The molecule has 1 fully saturated rings. The molecule has 1 aromatic rings. The second-order valence-electron chi connectivity index (χ2n) is 6.67. The minimum Gasteiger partial charge on any atom is -0.251 e. The zero-order chi connectivity index (χ0) is 15.8. The summed E-state index contributed by atoms with van der Waals surface area (Å²) in [5.41, 5.74) is 0.821. The van der Waals surface area contributed by atoms with Crippen LogP contribution in [0.5, 0.6) is 0 Å². The minimum atomic E-state index is -0.467. The Hall–Kier alpha value is -0.990. The van der Waals surface area contributed by atoms with E-state index in [9.17, 15) is 13.2 Å². The van der Waals surface area contributed by atoms with Crippen LogP contribution in [0.2, 0.25) is 0 Å². The third-order valence-corrected chi connectivity index (χ3v) is 4.95. The summed E-state index contributed by atoms with van der Waals surface area (Å²) in [6, 6.07) is 3.91. The summed E-state index contributed by atoms with van der Waals surface area (Å²) in [4.78, 5) is 0. The molecule has 0 amide bonds. The quantitative estimate of drug-likeness (QED) is 0.477. The van der Waals surface area contributed by atoms with Crippen LogP contribution in [0.3, 0.4) is 0 Å². The van der Waals surface area contributed by atoms with Crippen LogP contribution in [0, 0.1) is 17.6 Å². The average molecular weight is 312 g/mol. The molecule has 0 nitrogen and oxygen atoms in total. The molecule has 1 aromatic carbocycles. The SMILES string of the molecule is FCCCCCCCC1CCC(c2cc(F)cc(F)c2)CC1. The summed E-state index contributed by atoms with van der Waals surface area (Å²) in [5, 5.41) is 0. The smallest absolute Gasteiger partial charge is 0.126 e. The third-order valence-electron chi connectivity index (χ3n) is 4.95. The molecular formula is C19H27F3. The molecule has 0 saturated heterocycles. The van der Waals surface area contributed by atoms with Crippen LogP contribution in [0.25, 0.3) is 0 Å². The number of halogens is 3. The Kier molecular flexibility index (Phi) is 7.28.